The Kier molecular flexibility index (Phi) is 4.63. The van der Waals surface area contributed by atoms with Crippen molar-refractivity contribution in [1.29, 1.82) is 0 Å². The summed E-state index contributed by atoms with van der Waals surface area (Å²) in [6.45, 7) is 0. The summed E-state index contributed by atoms with van der Waals surface area (Å²) in [6.07, 6.45) is 3.11. The van der Waals surface area contributed by atoms with Crippen LogP contribution in [-0.4, -0.2) is 19.5 Å². The third-order valence-electron chi connectivity index (χ3n) is 3.70. The minimum Gasteiger partial charge on any atom is -0.338 e. The fourth-order valence-corrected chi connectivity index (χ4v) is 3.05. The van der Waals surface area contributed by atoms with Crippen molar-refractivity contribution in [3.63, 3.8) is 0 Å². The van der Waals surface area contributed by atoms with Crippen LogP contribution in [0, 0.1) is 0 Å². The second kappa shape index (κ2) is 6.93. The van der Waals surface area contributed by atoms with E-state index in [0.29, 0.717) is 37.1 Å². The van der Waals surface area contributed by atoms with Gasteiger partial charge in [-0.3, -0.25) is 4.57 Å². The third-order valence-corrected chi connectivity index (χ3v) is 5.18. The number of nitrogens with one attached hydrogen (secondary N) is 1. The van der Waals surface area contributed by atoms with Crippen molar-refractivity contribution in [2.45, 2.75) is 0 Å². The van der Waals surface area contributed by atoms with Gasteiger partial charge >= 0.3 is 0 Å². The number of hydrogen-bond donors (Lipinski definition) is 1. The zero-order valence-electron chi connectivity index (χ0n) is 12.9. The molecule has 0 amide bonds. The zero-order chi connectivity index (χ0) is 18.3. The van der Waals surface area contributed by atoms with E-state index in [1.54, 1.807) is 41.2 Å². The summed E-state index contributed by atoms with van der Waals surface area (Å²) in [5, 5.41) is 5.05. The van der Waals surface area contributed by atoms with E-state index >= 15 is 0 Å². The molecule has 0 bridgehead atoms. The molecule has 0 radical (unpaired) electrons. The largest absolute Gasteiger partial charge is 0.338 e. The van der Waals surface area contributed by atoms with Gasteiger partial charge in [-0.05, 0) is 36.4 Å². The molecule has 130 valence electrons. The van der Waals surface area contributed by atoms with Crippen LogP contribution in [0.3, 0.4) is 0 Å². The van der Waals surface area contributed by atoms with E-state index in [-0.39, 0.29) is 0 Å². The molecule has 1 N–H and O–H groups in total. The monoisotopic (exact) mass is 423 g/mol. The van der Waals surface area contributed by atoms with Gasteiger partial charge in [0.2, 0.25) is 0 Å². The summed E-state index contributed by atoms with van der Waals surface area (Å²) in [7, 11) is 0. The number of benzene rings is 2. The first-order valence-electron chi connectivity index (χ1n) is 7.38. The highest BCUT2D eigenvalue weighted by Gasteiger charge is 2.13. The summed E-state index contributed by atoms with van der Waals surface area (Å²) >= 11 is 24.1. The second-order valence-electron chi connectivity index (χ2n) is 5.36. The molecule has 0 saturated heterocycles. The van der Waals surface area contributed by atoms with Crippen LogP contribution in [0.2, 0.25) is 20.1 Å². The molecule has 0 fully saturated rings. The van der Waals surface area contributed by atoms with Gasteiger partial charge in [0.05, 0.1) is 25.8 Å². The number of rotatable bonds is 3. The summed E-state index contributed by atoms with van der Waals surface area (Å²) in [6, 6.07) is 10.5. The fraction of sp³-hybridized carbons (Fsp3) is 0. The van der Waals surface area contributed by atoms with E-state index in [0.717, 1.165) is 11.4 Å². The summed E-state index contributed by atoms with van der Waals surface area (Å²) in [5.41, 5.74) is 2.76. The molecule has 0 atom stereocenters. The van der Waals surface area contributed by atoms with Crippen LogP contribution in [0.15, 0.2) is 49.1 Å². The molecule has 0 aliphatic carbocycles. The summed E-state index contributed by atoms with van der Waals surface area (Å²) in [4.78, 5) is 13.0. The first-order valence-corrected chi connectivity index (χ1v) is 8.89. The summed E-state index contributed by atoms with van der Waals surface area (Å²) < 4.78 is 1.80. The van der Waals surface area contributed by atoms with E-state index < -0.39 is 0 Å². The Morgan fingerprint density at radius 3 is 2.23 bits per heavy atom. The van der Waals surface area contributed by atoms with Crippen molar-refractivity contribution >= 4 is 69.1 Å². The van der Waals surface area contributed by atoms with Crippen molar-refractivity contribution in [3.05, 3.63) is 69.1 Å². The molecule has 2 heterocycles. The fourth-order valence-electron chi connectivity index (χ4n) is 2.46. The third kappa shape index (κ3) is 3.19. The smallest absolute Gasteiger partial charge is 0.170 e. The van der Waals surface area contributed by atoms with Gasteiger partial charge in [-0.2, -0.15) is 0 Å². The minimum atomic E-state index is 0.448. The molecule has 9 heteroatoms. The van der Waals surface area contributed by atoms with Crippen LogP contribution >= 0.6 is 46.4 Å². The average Bonchev–Trinajstić information content (AvgIpc) is 3.06. The molecule has 0 saturated carbocycles. The first-order chi connectivity index (χ1) is 12.5. The van der Waals surface area contributed by atoms with Gasteiger partial charge < -0.3 is 5.32 Å². The number of fused-ring (bicyclic) bond motifs is 1. The van der Waals surface area contributed by atoms with Crippen LogP contribution in [0.25, 0.3) is 16.9 Å². The lowest BCUT2D eigenvalue weighted by atomic mass is 10.3. The van der Waals surface area contributed by atoms with Crippen LogP contribution in [0.4, 0.5) is 11.5 Å². The average molecular weight is 425 g/mol. The molecule has 0 unspecified atom stereocenters. The molecular formula is C17H9Cl4N5. The number of imidazole rings is 1. The maximum absolute atomic E-state index is 6.11. The van der Waals surface area contributed by atoms with Crippen LogP contribution in [0.1, 0.15) is 0 Å². The molecule has 0 spiro atoms. The topological polar surface area (TPSA) is 55.6 Å². The number of aromatic nitrogens is 4. The number of anilines is 2. The molecule has 5 nitrogen and oxygen atoms in total. The standard InChI is InChI=1S/C17H9Cl4N5/c18-11-3-1-9(5-13(11)20)25-16-15-17(23-7-22-16)26(8-24-15)10-2-4-12(19)14(21)6-10/h1-8H,(H,22,23,25). The highest BCUT2D eigenvalue weighted by molar-refractivity contribution is 6.42. The van der Waals surface area contributed by atoms with Gasteiger partial charge in [0.25, 0.3) is 0 Å². The number of hydrogen-bond acceptors (Lipinski definition) is 4. The van der Waals surface area contributed by atoms with E-state index in [2.05, 4.69) is 20.3 Å². The van der Waals surface area contributed by atoms with Gasteiger partial charge in [-0.25, -0.2) is 15.0 Å². The number of nitrogens with zero attached hydrogens (tertiary/aromatic N) is 4. The molecule has 0 aliphatic heterocycles. The van der Waals surface area contributed by atoms with Crippen molar-refractivity contribution in [3.8, 4) is 5.69 Å². The minimum absolute atomic E-state index is 0.448. The van der Waals surface area contributed by atoms with Crippen LogP contribution < -0.4 is 5.32 Å². The molecule has 26 heavy (non-hydrogen) atoms. The lowest BCUT2D eigenvalue weighted by Gasteiger charge is -2.08. The Labute approximate surface area is 168 Å². The molecule has 2 aromatic heterocycles. The van der Waals surface area contributed by atoms with Gasteiger partial charge in [-0.15, -0.1) is 0 Å². The van der Waals surface area contributed by atoms with E-state index in [4.69, 9.17) is 46.4 Å². The summed E-state index contributed by atoms with van der Waals surface area (Å²) in [5.74, 6) is 0.548. The van der Waals surface area contributed by atoms with E-state index in [9.17, 15) is 0 Å². The van der Waals surface area contributed by atoms with Gasteiger partial charge in [0.1, 0.15) is 12.7 Å². The van der Waals surface area contributed by atoms with Gasteiger partial charge in [0, 0.05) is 5.69 Å². The zero-order valence-corrected chi connectivity index (χ0v) is 15.9. The molecule has 2 aromatic carbocycles. The van der Waals surface area contributed by atoms with Crippen LogP contribution in [0.5, 0.6) is 0 Å². The predicted octanol–water partition coefficient (Wildman–Crippen LogP) is 6.17. The van der Waals surface area contributed by atoms with E-state index in [1.807, 2.05) is 6.07 Å². The predicted molar refractivity (Wildman–Crippen MR) is 106 cm³/mol. The molecule has 4 aromatic rings. The lowest BCUT2D eigenvalue weighted by Crippen LogP contribution is -1.98. The maximum atomic E-state index is 6.11. The van der Waals surface area contributed by atoms with Crippen molar-refractivity contribution in [2.75, 3.05) is 5.32 Å². The van der Waals surface area contributed by atoms with Crippen molar-refractivity contribution in [2.24, 2.45) is 0 Å². The Balaban J connectivity index is 1.77. The molecule has 0 aliphatic rings. The quantitative estimate of drug-likeness (QED) is 0.427. The van der Waals surface area contributed by atoms with Crippen molar-refractivity contribution < 1.29 is 0 Å². The highest BCUT2D eigenvalue weighted by atomic mass is 35.5. The molecular weight excluding hydrogens is 416 g/mol. The Morgan fingerprint density at radius 2 is 1.50 bits per heavy atom. The van der Waals surface area contributed by atoms with E-state index in [1.165, 1.54) is 6.33 Å². The van der Waals surface area contributed by atoms with Crippen molar-refractivity contribution in [1.82, 2.24) is 19.5 Å². The normalized spacial score (nSPS) is 11.1. The first kappa shape index (κ1) is 17.4. The maximum Gasteiger partial charge on any atom is 0.170 e. The highest BCUT2D eigenvalue weighted by Crippen LogP contribution is 2.30. The second-order valence-corrected chi connectivity index (χ2v) is 6.99. The Morgan fingerprint density at radius 1 is 0.769 bits per heavy atom. The Bertz CT molecular complexity index is 1130. The molecule has 4 rings (SSSR count). The van der Waals surface area contributed by atoms with Gasteiger partial charge in [0.15, 0.2) is 17.0 Å². The van der Waals surface area contributed by atoms with Crippen LogP contribution in [-0.2, 0) is 0 Å². The SMILES string of the molecule is Clc1ccc(Nc2ncnc3c2ncn3-c2ccc(Cl)c(Cl)c2)cc1Cl. The number of halogens is 4. The Hall–Kier alpha value is -2.05. The van der Waals surface area contributed by atoms with Gasteiger partial charge in [-0.1, -0.05) is 46.4 Å². The lowest BCUT2D eigenvalue weighted by molar-refractivity contribution is 1.06.